The third-order valence-electron chi connectivity index (χ3n) is 3.65. The number of nitrogens with zero attached hydrogens (tertiary/aromatic N) is 1. The minimum Gasteiger partial charge on any atom is -0.297 e. The van der Waals surface area contributed by atoms with Crippen molar-refractivity contribution in [2.45, 2.75) is 39.7 Å². The Morgan fingerprint density at radius 2 is 1.65 bits per heavy atom. The summed E-state index contributed by atoms with van der Waals surface area (Å²) in [6.45, 7) is 8.12. The summed E-state index contributed by atoms with van der Waals surface area (Å²) in [5.74, 6) is 0.205. The van der Waals surface area contributed by atoms with Crippen LogP contribution in [-0.2, 0) is 0 Å². The van der Waals surface area contributed by atoms with Crippen molar-refractivity contribution in [2.75, 3.05) is 14.1 Å². The number of hydrogen-bond acceptors (Lipinski definition) is 2. The van der Waals surface area contributed by atoms with E-state index in [0.29, 0.717) is 0 Å². The standard InChI is InChI=1S/C15H23NO/c1-7-15(4,16(5)6)14(17)13-9-11(2)8-12(3)10-13/h8-10H,7H2,1-6H3. The Morgan fingerprint density at radius 1 is 1.18 bits per heavy atom. The van der Waals surface area contributed by atoms with Crippen molar-refractivity contribution < 1.29 is 4.79 Å². The summed E-state index contributed by atoms with van der Waals surface area (Å²) in [6, 6.07) is 6.05. The van der Waals surface area contributed by atoms with Gasteiger partial charge in [0.15, 0.2) is 5.78 Å². The molecule has 0 aliphatic carbocycles. The fraction of sp³-hybridized carbons (Fsp3) is 0.533. The lowest BCUT2D eigenvalue weighted by Gasteiger charge is -2.34. The van der Waals surface area contributed by atoms with E-state index in [-0.39, 0.29) is 5.78 Å². The topological polar surface area (TPSA) is 20.3 Å². The van der Waals surface area contributed by atoms with Crippen molar-refractivity contribution in [3.05, 3.63) is 34.9 Å². The summed E-state index contributed by atoms with van der Waals surface area (Å²) < 4.78 is 0. The molecule has 1 unspecified atom stereocenters. The number of ketones is 1. The van der Waals surface area contributed by atoms with Crippen LogP contribution in [0.4, 0.5) is 0 Å². The van der Waals surface area contributed by atoms with E-state index in [0.717, 1.165) is 23.1 Å². The Bertz CT molecular complexity index is 403. The zero-order chi connectivity index (χ0) is 13.2. The Hall–Kier alpha value is -1.15. The number of carbonyl (C=O) groups is 1. The SMILES string of the molecule is CCC(C)(C(=O)c1cc(C)cc(C)c1)N(C)C. The second kappa shape index (κ2) is 5.01. The first-order valence-electron chi connectivity index (χ1n) is 6.11. The molecule has 0 bridgehead atoms. The molecule has 2 nitrogen and oxygen atoms in total. The summed E-state index contributed by atoms with van der Waals surface area (Å²) in [5, 5.41) is 0. The maximum Gasteiger partial charge on any atom is 0.182 e. The Balaban J connectivity index is 3.19. The molecule has 0 amide bonds. The van der Waals surface area contributed by atoms with Gasteiger partial charge in [-0.05, 0) is 53.4 Å². The van der Waals surface area contributed by atoms with Crippen LogP contribution < -0.4 is 0 Å². The van der Waals surface area contributed by atoms with E-state index in [1.165, 1.54) is 0 Å². The van der Waals surface area contributed by atoms with Crippen LogP contribution in [0, 0.1) is 13.8 Å². The number of rotatable bonds is 4. The summed E-state index contributed by atoms with van der Waals surface area (Å²) in [6.07, 6.45) is 0.811. The van der Waals surface area contributed by atoms with Gasteiger partial charge in [-0.15, -0.1) is 0 Å². The molecule has 0 saturated heterocycles. The van der Waals surface area contributed by atoms with Crippen LogP contribution in [0.3, 0.4) is 0 Å². The number of Topliss-reactive ketones (excluding diaryl/α,β-unsaturated/α-hetero) is 1. The molecule has 0 aliphatic rings. The lowest BCUT2D eigenvalue weighted by Crippen LogP contribution is -2.48. The van der Waals surface area contributed by atoms with Gasteiger partial charge in [-0.3, -0.25) is 9.69 Å². The van der Waals surface area contributed by atoms with Gasteiger partial charge in [0.1, 0.15) is 0 Å². The lowest BCUT2D eigenvalue weighted by atomic mass is 9.86. The summed E-state index contributed by atoms with van der Waals surface area (Å²) in [7, 11) is 3.92. The number of hydrogen-bond donors (Lipinski definition) is 0. The van der Waals surface area contributed by atoms with Gasteiger partial charge in [0, 0.05) is 5.56 Å². The normalized spacial score (nSPS) is 14.8. The van der Waals surface area contributed by atoms with E-state index in [2.05, 4.69) is 13.0 Å². The fourth-order valence-corrected chi connectivity index (χ4v) is 2.10. The molecule has 1 aromatic rings. The number of likely N-dealkylation sites (N-methyl/N-ethyl adjacent to an activating group) is 1. The van der Waals surface area contributed by atoms with Crippen molar-refractivity contribution in [3.8, 4) is 0 Å². The smallest absolute Gasteiger partial charge is 0.182 e. The van der Waals surface area contributed by atoms with E-state index in [4.69, 9.17) is 0 Å². The van der Waals surface area contributed by atoms with E-state index >= 15 is 0 Å². The van der Waals surface area contributed by atoms with Gasteiger partial charge < -0.3 is 0 Å². The molecule has 94 valence electrons. The van der Waals surface area contributed by atoms with Gasteiger partial charge >= 0.3 is 0 Å². The first-order valence-corrected chi connectivity index (χ1v) is 6.11. The lowest BCUT2D eigenvalue weighted by molar-refractivity contribution is 0.0710. The second-order valence-corrected chi connectivity index (χ2v) is 5.23. The van der Waals surface area contributed by atoms with Crippen molar-refractivity contribution in [1.82, 2.24) is 4.90 Å². The maximum atomic E-state index is 12.6. The molecule has 0 aliphatic heterocycles. The Morgan fingerprint density at radius 3 is 2.00 bits per heavy atom. The van der Waals surface area contributed by atoms with E-state index < -0.39 is 5.54 Å². The zero-order valence-corrected chi connectivity index (χ0v) is 11.8. The Kier molecular flexibility index (Phi) is 4.10. The van der Waals surface area contributed by atoms with Crippen molar-refractivity contribution in [3.63, 3.8) is 0 Å². The minimum atomic E-state index is -0.416. The zero-order valence-electron chi connectivity index (χ0n) is 11.8. The van der Waals surface area contributed by atoms with Crippen LogP contribution in [0.15, 0.2) is 18.2 Å². The molecule has 1 rings (SSSR count). The number of aryl methyl sites for hydroxylation is 2. The van der Waals surface area contributed by atoms with E-state index in [1.54, 1.807) is 0 Å². The van der Waals surface area contributed by atoms with Crippen LogP contribution in [0.2, 0.25) is 0 Å². The predicted octanol–water partition coefficient (Wildman–Crippen LogP) is 3.22. The molecule has 0 radical (unpaired) electrons. The fourth-order valence-electron chi connectivity index (χ4n) is 2.10. The minimum absolute atomic E-state index is 0.205. The molecule has 0 saturated carbocycles. The molecule has 17 heavy (non-hydrogen) atoms. The molecule has 0 heterocycles. The molecule has 0 fully saturated rings. The molecule has 0 spiro atoms. The Labute approximate surface area is 105 Å². The molecule has 2 heteroatoms. The number of carbonyl (C=O) groups excluding carboxylic acids is 1. The highest BCUT2D eigenvalue weighted by Crippen LogP contribution is 2.23. The summed E-state index contributed by atoms with van der Waals surface area (Å²) in [5.41, 5.74) is 2.69. The molecule has 1 aromatic carbocycles. The summed E-state index contributed by atoms with van der Waals surface area (Å²) >= 11 is 0. The maximum absolute atomic E-state index is 12.6. The van der Waals surface area contributed by atoms with Crippen molar-refractivity contribution >= 4 is 5.78 Å². The van der Waals surface area contributed by atoms with Crippen LogP contribution in [0.1, 0.15) is 41.8 Å². The van der Waals surface area contributed by atoms with E-state index in [1.807, 2.05) is 51.9 Å². The highest BCUT2D eigenvalue weighted by molar-refractivity contribution is 6.03. The second-order valence-electron chi connectivity index (χ2n) is 5.23. The summed E-state index contributed by atoms with van der Waals surface area (Å²) in [4.78, 5) is 14.6. The number of benzene rings is 1. The van der Waals surface area contributed by atoms with Gasteiger partial charge in [0.25, 0.3) is 0 Å². The quantitative estimate of drug-likeness (QED) is 0.744. The highest BCUT2D eigenvalue weighted by atomic mass is 16.1. The average molecular weight is 233 g/mol. The van der Waals surface area contributed by atoms with Crippen LogP contribution in [0.25, 0.3) is 0 Å². The monoisotopic (exact) mass is 233 g/mol. The van der Waals surface area contributed by atoms with Crippen LogP contribution >= 0.6 is 0 Å². The first-order chi connectivity index (χ1) is 7.81. The largest absolute Gasteiger partial charge is 0.297 e. The van der Waals surface area contributed by atoms with E-state index in [9.17, 15) is 4.79 Å². The third kappa shape index (κ3) is 2.75. The van der Waals surface area contributed by atoms with Gasteiger partial charge in [0.05, 0.1) is 5.54 Å². The molecule has 1 atom stereocenters. The first kappa shape index (κ1) is 13.9. The van der Waals surface area contributed by atoms with Crippen LogP contribution in [0.5, 0.6) is 0 Å². The van der Waals surface area contributed by atoms with Gasteiger partial charge in [-0.2, -0.15) is 0 Å². The molecule has 0 aromatic heterocycles. The average Bonchev–Trinajstić information content (AvgIpc) is 2.25. The molecular formula is C15H23NO. The predicted molar refractivity (Wildman–Crippen MR) is 72.6 cm³/mol. The van der Waals surface area contributed by atoms with Gasteiger partial charge in [-0.1, -0.05) is 24.1 Å². The van der Waals surface area contributed by atoms with Gasteiger partial charge in [-0.25, -0.2) is 0 Å². The molecular weight excluding hydrogens is 210 g/mol. The van der Waals surface area contributed by atoms with Crippen molar-refractivity contribution in [1.29, 1.82) is 0 Å². The van der Waals surface area contributed by atoms with Gasteiger partial charge in [0.2, 0.25) is 0 Å². The highest BCUT2D eigenvalue weighted by Gasteiger charge is 2.34. The van der Waals surface area contributed by atoms with Crippen molar-refractivity contribution in [2.24, 2.45) is 0 Å². The molecule has 0 N–H and O–H groups in total. The van der Waals surface area contributed by atoms with Crippen LogP contribution in [-0.4, -0.2) is 30.3 Å². The third-order valence-corrected chi connectivity index (χ3v) is 3.65.